The van der Waals surface area contributed by atoms with Crippen molar-refractivity contribution < 1.29 is 22.3 Å². The molecular weight excluding hydrogens is 235 g/mol. The zero-order valence-electron chi connectivity index (χ0n) is 8.86. The van der Waals surface area contributed by atoms with Gasteiger partial charge in [0.15, 0.2) is 15.6 Å². The highest BCUT2D eigenvalue weighted by Gasteiger charge is 2.11. The lowest BCUT2D eigenvalue weighted by Gasteiger charge is -2.06. The first kappa shape index (κ1) is 12.6. The molecule has 0 aliphatic rings. The quantitative estimate of drug-likeness (QED) is 0.800. The number of benzene rings is 1. The maximum atomic E-state index is 13.1. The van der Waals surface area contributed by atoms with Gasteiger partial charge in [-0.15, -0.1) is 0 Å². The van der Waals surface area contributed by atoms with E-state index in [9.17, 15) is 17.6 Å². The van der Waals surface area contributed by atoms with Crippen LogP contribution in [0.1, 0.15) is 6.92 Å². The van der Waals surface area contributed by atoms with Crippen molar-refractivity contribution >= 4 is 15.6 Å². The fourth-order valence-electron chi connectivity index (χ4n) is 1.02. The lowest BCUT2D eigenvalue weighted by atomic mass is 10.3. The van der Waals surface area contributed by atoms with Gasteiger partial charge in [0.2, 0.25) is 0 Å². The van der Waals surface area contributed by atoms with E-state index in [0.29, 0.717) is 0 Å². The van der Waals surface area contributed by atoms with E-state index in [1.807, 2.05) is 0 Å². The van der Waals surface area contributed by atoms with E-state index in [0.717, 1.165) is 18.4 Å². The van der Waals surface area contributed by atoms with Crippen LogP contribution in [0.2, 0.25) is 0 Å². The van der Waals surface area contributed by atoms with Gasteiger partial charge in [0.05, 0.1) is 4.90 Å². The fraction of sp³-hybridized carbons (Fsp3) is 0.300. The first-order chi connectivity index (χ1) is 7.29. The van der Waals surface area contributed by atoms with Crippen molar-refractivity contribution in [3.05, 3.63) is 24.0 Å². The summed E-state index contributed by atoms with van der Waals surface area (Å²) in [6.45, 7) is 1.10. The van der Waals surface area contributed by atoms with Crippen LogP contribution in [0.5, 0.6) is 5.75 Å². The van der Waals surface area contributed by atoms with Crippen LogP contribution in [-0.2, 0) is 14.6 Å². The summed E-state index contributed by atoms with van der Waals surface area (Å²) in [6, 6.07) is 3.11. The molecule has 0 atom stereocenters. The van der Waals surface area contributed by atoms with Crippen molar-refractivity contribution in [2.24, 2.45) is 0 Å². The SMILES string of the molecule is CC(=O)COc1cc(F)cc(S(C)(=O)=O)c1. The Kier molecular flexibility index (Phi) is 3.64. The van der Waals surface area contributed by atoms with Crippen molar-refractivity contribution in [1.29, 1.82) is 0 Å². The number of hydrogen-bond donors (Lipinski definition) is 0. The molecule has 88 valence electrons. The normalized spacial score (nSPS) is 11.2. The number of ketones is 1. The monoisotopic (exact) mass is 246 g/mol. The summed E-state index contributed by atoms with van der Waals surface area (Å²) in [5.74, 6) is -0.928. The fourth-order valence-corrected chi connectivity index (χ4v) is 1.68. The molecule has 4 nitrogen and oxygen atoms in total. The van der Waals surface area contributed by atoms with Crippen molar-refractivity contribution in [1.82, 2.24) is 0 Å². The number of rotatable bonds is 4. The number of sulfone groups is 1. The third-order valence-corrected chi connectivity index (χ3v) is 2.81. The second-order valence-corrected chi connectivity index (χ2v) is 5.40. The topological polar surface area (TPSA) is 60.4 Å². The van der Waals surface area contributed by atoms with E-state index >= 15 is 0 Å². The van der Waals surface area contributed by atoms with Crippen molar-refractivity contribution in [2.45, 2.75) is 11.8 Å². The Balaban J connectivity index is 3.04. The highest BCUT2D eigenvalue weighted by Crippen LogP contribution is 2.19. The third kappa shape index (κ3) is 3.62. The Morgan fingerprint density at radius 1 is 1.38 bits per heavy atom. The molecule has 0 amide bonds. The van der Waals surface area contributed by atoms with E-state index in [-0.39, 0.29) is 23.0 Å². The molecule has 0 radical (unpaired) electrons. The smallest absolute Gasteiger partial charge is 0.175 e. The zero-order valence-corrected chi connectivity index (χ0v) is 9.67. The van der Waals surface area contributed by atoms with Gasteiger partial charge in [-0.3, -0.25) is 4.79 Å². The van der Waals surface area contributed by atoms with Crippen LogP contribution in [0.3, 0.4) is 0 Å². The van der Waals surface area contributed by atoms with E-state index in [4.69, 9.17) is 4.74 Å². The molecule has 1 aromatic carbocycles. The molecule has 0 unspecified atom stereocenters. The van der Waals surface area contributed by atoms with Crippen LogP contribution >= 0.6 is 0 Å². The summed E-state index contributed by atoms with van der Waals surface area (Å²) >= 11 is 0. The Bertz CT molecular complexity index is 508. The highest BCUT2D eigenvalue weighted by molar-refractivity contribution is 7.90. The minimum atomic E-state index is -3.49. The van der Waals surface area contributed by atoms with Gasteiger partial charge in [-0.1, -0.05) is 0 Å². The number of carbonyl (C=O) groups excluding carboxylic acids is 1. The number of halogens is 1. The van der Waals surface area contributed by atoms with Crippen molar-refractivity contribution in [2.75, 3.05) is 12.9 Å². The largest absolute Gasteiger partial charge is 0.486 e. The number of carbonyl (C=O) groups is 1. The molecule has 0 aliphatic carbocycles. The minimum Gasteiger partial charge on any atom is -0.486 e. The molecule has 1 rings (SSSR count). The Morgan fingerprint density at radius 2 is 2.00 bits per heavy atom. The van der Waals surface area contributed by atoms with Crippen LogP contribution in [0.4, 0.5) is 4.39 Å². The molecule has 0 N–H and O–H groups in total. The van der Waals surface area contributed by atoms with Gasteiger partial charge in [-0.25, -0.2) is 12.8 Å². The van der Waals surface area contributed by atoms with Gasteiger partial charge in [-0.05, 0) is 19.1 Å². The van der Waals surface area contributed by atoms with Crippen LogP contribution < -0.4 is 4.74 Å². The van der Waals surface area contributed by atoms with E-state index < -0.39 is 15.7 Å². The molecule has 0 bridgehead atoms. The Morgan fingerprint density at radius 3 is 2.50 bits per heavy atom. The van der Waals surface area contributed by atoms with Crippen LogP contribution in [0.25, 0.3) is 0 Å². The van der Waals surface area contributed by atoms with E-state index in [1.54, 1.807) is 0 Å². The second kappa shape index (κ2) is 4.61. The van der Waals surface area contributed by atoms with Gasteiger partial charge in [0.1, 0.15) is 18.2 Å². The maximum Gasteiger partial charge on any atom is 0.175 e. The average molecular weight is 246 g/mol. The second-order valence-electron chi connectivity index (χ2n) is 3.39. The van der Waals surface area contributed by atoms with Gasteiger partial charge >= 0.3 is 0 Å². The predicted octanol–water partition coefficient (Wildman–Crippen LogP) is 1.20. The number of hydrogen-bond acceptors (Lipinski definition) is 4. The minimum absolute atomic E-state index is 0.0237. The van der Waals surface area contributed by atoms with Gasteiger partial charge in [0, 0.05) is 12.3 Å². The summed E-state index contributed by atoms with van der Waals surface area (Å²) < 4.78 is 40.4. The molecule has 0 spiro atoms. The summed E-state index contributed by atoms with van der Waals surface area (Å²) in [7, 11) is -3.49. The van der Waals surface area contributed by atoms with Crippen LogP contribution in [-0.4, -0.2) is 27.1 Å². The van der Waals surface area contributed by atoms with Gasteiger partial charge < -0.3 is 4.74 Å². The standard InChI is InChI=1S/C10H11FO4S/c1-7(12)6-15-9-3-8(11)4-10(5-9)16(2,13)14/h3-5H,6H2,1-2H3. The summed E-state index contributed by atoms with van der Waals surface area (Å²) in [6.07, 6.45) is 0.969. The molecule has 0 heterocycles. The number of Topliss-reactive ketones (excluding diaryl/α,β-unsaturated/α-hetero) is 1. The highest BCUT2D eigenvalue weighted by atomic mass is 32.2. The van der Waals surface area contributed by atoms with E-state index in [1.165, 1.54) is 13.0 Å². The summed E-state index contributed by atoms with van der Waals surface area (Å²) in [5.41, 5.74) is 0. The van der Waals surface area contributed by atoms with Gasteiger partial charge in [0.25, 0.3) is 0 Å². The average Bonchev–Trinajstić information content (AvgIpc) is 2.12. The molecule has 0 saturated carbocycles. The number of ether oxygens (including phenoxy) is 1. The molecule has 0 saturated heterocycles. The lowest BCUT2D eigenvalue weighted by molar-refractivity contribution is -0.118. The zero-order chi connectivity index (χ0) is 12.3. The Labute approximate surface area is 93.0 Å². The Hall–Kier alpha value is -1.43. The summed E-state index contributed by atoms with van der Waals surface area (Å²) in [5, 5.41) is 0. The first-order valence-corrected chi connectivity index (χ1v) is 6.31. The van der Waals surface area contributed by atoms with Crippen LogP contribution in [0, 0.1) is 5.82 Å². The summed E-state index contributed by atoms with van der Waals surface area (Å²) in [4.78, 5) is 10.5. The molecule has 0 fully saturated rings. The maximum absolute atomic E-state index is 13.1. The predicted molar refractivity (Wildman–Crippen MR) is 55.7 cm³/mol. The molecule has 0 aliphatic heterocycles. The lowest BCUT2D eigenvalue weighted by Crippen LogP contribution is -2.07. The molecule has 6 heteroatoms. The van der Waals surface area contributed by atoms with Crippen LogP contribution in [0.15, 0.2) is 23.1 Å². The molecular formula is C10H11FO4S. The van der Waals surface area contributed by atoms with E-state index in [2.05, 4.69) is 0 Å². The van der Waals surface area contributed by atoms with Crippen molar-refractivity contribution in [3.8, 4) is 5.75 Å². The molecule has 16 heavy (non-hydrogen) atoms. The van der Waals surface area contributed by atoms with Crippen molar-refractivity contribution in [3.63, 3.8) is 0 Å². The molecule has 0 aromatic heterocycles. The van der Waals surface area contributed by atoms with Gasteiger partial charge in [-0.2, -0.15) is 0 Å². The molecule has 1 aromatic rings. The third-order valence-electron chi connectivity index (χ3n) is 1.72. The first-order valence-electron chi connectivity index (χ1n) is 4.42.